The van der Waals surface area contributed by atoms with Crippen LogP contribution in [0.15, 0.2) is 18.3 Å². The van der Waals surface area contributed by atoms with Gasteiger partial charge in [-0.2, -0.15) is 0 Å². The first-order valence-corrected chi connectivity index (χ1v) is 4.81. The molecule has 0 radical (unpaired) electrons. The number of hydrogen-bond donors (Lipinski definition) is 2. The average molecular weight is 194 g/mol. The van der Waals surface area contributed by atoms with Gasteiger partial charge in [-0.25, -0.2) is 0 Å². The third kappa shape index (κ3) is 3.09. The third-order valence-corrected chi connectivity index (χ3v) is 2.25. The van der Waals surface area contributed by atoms with E-state index in [-0.39, 0.29) is 12.1 Å². The second-order valence-corrected chi connectivity index (χ2v) is 4.16. The molecule has 14 heavy (non-hydrogen) atoms. The maximum atomic E-state index is 9.06. The Morgan fingerprint density at radius 3 is 2.79 bits per heavy atom. The monoisotopic (exact) mass is 194 g/mol. The summed E-state index contributed by atoms with van der Waals surface area (Å²) in [5, 5.41) is 12.3. The van der Waals surface area contributed by atoms with Crippen molar-refractivity contribution in [1.82, 2.24) is 10.3 Å². The van der Waals surface area contributed by atoms with Crippen molar-refractivity contribution >= 4 is 0 Å². The second-order valence-electron chi connectivity index (χ2n) is 4.16. The molecule has 3 heteroatoms. The first-order valence-electron chi connectivity index (χ1n) is 4.81. The molecule has 3 nitrogen and oxygen atoms in total. The maximum absolute atomic E-state index is 9.06. The number of hydrogen-bond acceptors (Lipinski definition) is 3. The van der Waals surface area contributed by atoms with Gasteiger partial charge in [-0.3, -0.25) is 4.98 Å². The van der Waals surface area contributed by atoms with E-state index in [1.807, 2.05) is 32.9 Å². The van der Waals surface area contributed by atoms with E-state index in [1.165, 1.54) is 5.56 Å². The lowest BCUT2D eigenvalue weighted by Crippen LogP contribution is -2.42. The van der Waals surface area contributed by atoms with E-state index >= 15 is 0 Å². The van der Waals surface area contributed by atoms with Gasteiger partial charge >= 0.3 is 0 Å². The van der Waals surface area contributed by atoms with Crippen molar-refractivity contribution in [2.45, 2.75) is 32.9 Å². The molecule has 0 aliphatic heterocycles. The Morgan fingerprint density at radius 1 is 1.50 bits per heavy atom. The van der Waals surface area contributed by atoms with E-state index in [0.717, 1.165) is 5.69 Å². The van der Waals surface area contributed by atoms with Gasteiger partial charge < -0.3 is 10.4 Å². The van der Waals surface area contributed by atoms with Crippen LogP contribution in [0, 0.1) is 6.92 Å². The van der Waals surface area contributed by atoms with Gasteiger partial charge in [-0.05, 0) is 32.4 Å². The van der Waals surface area contributed by atoms with Crippen LogP contribution in [0.25, 0.3) is 0 Å². The van der Waals surface area contributed by atoms with Crippen molar-refractivity contribution in [3.8, 4) is 0 Å². The van der Waals surface area contributed by atoms with Crippen LogP contribution < -0.4 is 5.32 Å². The molecule has 0 atom stereocenters. The molecule has 0 fully saturated rings. The molecule has 0 saturated heterocycles. The number of pyridine rings is 1. The second kappa shape index (κ2) is 4.53. The summed E-state index contributed by atoms with van der Waals surface area (Å²) >= 11 is 0. The first-order chi connectivity index (χ1) is 6.55. The standard InChI is InChI=1S/C11H18N2O/c1-9-5-4-6-12-10(9)7-13-11(2,3)8-14/h4-6,13-14H,7-8H2,1-3H3. The number of aryl methyl sites for hydroxylation is 1. The van der Waals surface area contributed by atoms with Crippen molar-refractivity contribution in [2.24, 2.45) is 0 Å². The summed E-state index contributed by atoms with van der Waals surface area (Å²) < 4.78 is 0. The zero-order chi connectivity index (χ0) is 10.6. The highest BCUT2D eigenvalue weighted by atomic mass is 16.3. The van der Waals surface area contributed by atoms with Crippen molar-refractivity contribution in [3.63, 3.8) is 0 Å². The van der Waals surface area contributed by atoms with E-state index in [4.69, 9.17) is 5.11 Å². The molecule has 0 bridgehead atoms. The molecule has 0 spiro atoms. The topological polar surface area (TPSA) is 45.2 Å². The van der Waals surface area contributed by atoms with Crippen molar-refractivity contribution < 1.29 is 5.11 Å². The highest BCUT2D eigenvalue weighted by molar-refractivity contribution is 5.17. The molecular weight excluding hydrogens is 176 g/mol. The number of nitrogens with zero attached hydrogens (tertiary/aromatic N) is 1. The zero-order valence-electron chi connectivity index (χ0n) is 9.04. The van der Waals surface area contributed by atoms with Crippen molar-refractivity contribution in [2.75, 3.05) is 6.61 Å². The van der Waals surface area contributed by atoms with Crippen LogP contribution in [0.4, 0.5) is 0 Å². The van der Waals surface area contributed by atoms with Crippen LogP contribution in [0.3, 0.4) is 0 Å². The molecule has 0 aromatic carbocycles. The predicted molar refractivity (Wildman–Crippen MR) is 57.0 cm³/mol. The molecule has 1 aromatic heterocycles. The minimum Gasteiger partial charge on any atom is -0.394 e. The lowest BCUT2D eigenvalue weighted by Gasteiger charge is -2.23. The molecule has 2 N–H and O–H groups in total. The fraction of sp³-hybridized carbons (Fsp3) is 0.545. The largest absolute Gasteiger partial charge is 0.394 e. The molecule has 0 saturated carbocycles. The Labute approximate surface area is 85.2 Å². The predicted octanol–water partition coefficient (Wildman–Crippen LogP) is 1.25. The lowest BCUT2D eigenvalue weighted by molar-refractivity contribution is 0.187. The number of aliphatic hydroxyl groups excluding tert-OH is 1. The molecule has 0 aliphatic rings. The van der Waals surface area contributed by atoms with Gasteiger partial charge in [0.15, 0.2) is 0 Å². The van der Waals surface area contributed by atoms with E-state index in [1.54, 1.807) is 6.20 Å². The summed E-state index contributed by atoms with van der Waals surface area (Å²) in [6.45, 7) is 6.78. The first kappa shape index (κ1) is 11.1. The summed E-state index contributed by atoms with van der Waals surface area (Å²) in [5.41, 5.74) is 1.96. The summed E-state index contributed by atoms with van der Waals surface area (Å²) in [6, 6.07) is 3.96. The van der Waals surface area contributed by atoms with Gasteiger partial charge in [0.1, 0.15) is 0 Å². The molecule has 0 unspecified atom stereocenters. The van der Waals surface area contributed by atoms with Crippen LogP contribution in [-0.2, 0) is 6.54 Å². The molecule has 1 heterocycles. The molecule has 1 rings (SSSR count). The van der Waals surface area contributed by atoms with Crippen molar-refractivity contribution in [3.05, 3.63) is 29.6 Å². The Kier molecular flexibility index (Phi) is 3.61. The fourth-order valence-corrected chi connectivity index (χ4v) is 1.08. The number of nitrogens with one attached hydrogen (secondary N) is 1. The minimum atomic E-state index is -0.246. The quantitative estimate of drug-likeness (QED) is 0.758. The Hall–Kier alpha value is -0.930. The molecule has 78 valence electrons. The Balaban J connectivity index is 2.58. The van der Waals surface area contributed by atoms with Gasteiger partial charge in [0.25, 0.3) is 0 Å². The normalized spacial score (nSPS) is 11.7. The van der Waals surface area contributed by atoms with Crippen LogP contribution in [-0.4, -0.2) is 22.2 Å². The van der Waals surface area contributed by atoms with E-state index in [0.29, 0.717) is 6.54 Å². The summed E-state index contributed by atoms with van der Waals surface area (Å²) in [5.74, 6) is 0. The Morgan fingerprint density at radius 2 is 2.21 bits per heavy atom. The van der Waals surface area contributed by atoms with Gasteiger partial charge in [-0.1, -0.05) is 6.07 Å². The molecule has 0 aliphatic carbocycles. The fourth-order valence-electron chi connectivity index (χ4n) is 1.08. The number of aromatic nitrogens is 1. The van der Waals surface area contributed by atoms with Crippen LogP contribution in [0.5, 0.6) is 0 Å². The number of aliphatic hydroxyl groups is 1. The summed E-state index contributed by atoms with van der Waals surface area (Å²) in [4.78, 5) is 4.27. The van der Waals surface area contributed by atoms with Crippen LogP contribution in [0.2, 0.25) is 0 Å². The molecule has 1 aromatic rings. The maximum Gasteiger partial charge on any atom is 0.0607 e. The number of rotatable bonds is 4. The SMILES string of the molecule is Cc1cccnc1CNC(C)(C)CO. The Bertz CT molecular complexity index is 297. The van der Waals surface area contributed by atoms with E-state index in [2.05, 4.69) is 10.3 Å². The van der Waals surface area contributed by atoms with Crippen molar-refractivity contribution in [1.29, 1.82) is 0 Å². The van der Waals surface area contributed by atoms with Gasteiger partial charge in [0, 0.05) is 18.3 Å². The molecular formula is C11H18N2O. The lowest BCUT2D eigenvalue weighted by atomic mass is 10.1. The summed E-state index contributed by atoms with van der Waals surface area (Å²) in [6.07, 6.45) is 1.79. The third-order valence-electron chi connectivity index (χ3n) is 2.25. The minimum absolute atomic E-state index is 0.124. The highest BCUT2D eigenvalue weighted by Crippen LogP contribution is 2.06. The zero-order valence-corrected chi connectivity index (χ0v) is 9.04. The van der Waals surface area contributed by atoms with Gasteiger partial charge in [0.05, 0.1) is 12.3 Å². The molecule has 0 amide bonds. The van der Waals surface area contributed by atoms with Crippen LogP contribution >= 0.6 is 0 Å². The van der Waals surface area contributed by atoms with E-state index < -0.39 is 0 Å². The highest BCUT2D eigenvalue weighted by Gasteiger charge is 2.15. The average Bonchev–Trinajstić information content (AvgIpc) is 2.17. The van der Waals surface area contributed by atoms with Gasteiger partial charge in [0.2, 0.25) is 0 Å². The van der Waals surface area contributed by atoms with E-state index in [9.17, 15) is 0 Å². The van der Waals surface area contributed by atoms with Crippen LogP contribution in [0.1, 0.15) is 25.1 Å². The smallest absolute Gasteiger partial charge is 0.0607 e. The summed E-state index contributed by atoms with van der Waals surface area (Å²) in [7, 11) is 0. The van der Waals surface area contributed by atoms with Gasteiger partial charge in [-0.15, -0.1) is 0 Å².